The first-order valence-corrected chi connectivity index (χ1v) is 11.5. The van der Waals surface area contributed by atoms with Crippen LogP contribution in [0.5, 0.6) is 0 Å². The average molecular weight is 455 g/mol. The molecule has 3 aromatic rings. The molecule has 0 bridgehead atoms. The molecule has 0 spiro atoms. The van der Waals surface area contributed by atoms with Gasteiger partial charge in [-0.05, 0) is 31.5 Å². The fourth-order valence-electron chi connectivity index (χ4n) is 3.63. The van der Waals surface area contributed by atoms with Crippen LogP contribution in [0, 0.1) is 3.14 Å². The molecule has 1 atom stereocenters. The summed E-state index contributed by atoms with van der Waals surface area (Å²) < 4.78 is 12.9. The summed E-state index contributed by atoms with van der Waals surface area (Å²) in [6.45, 7) is 4.17. The largest absolute Gasteiger partial charge is 0.444 e. The minimum atomic E-state index is -0.675. The summed E-state index contributed by atoms with van der Waals surface area (Å²) in [5.74, 6) is 0. The smallest absolute Gasteiger partial charge is 0.417 e. The van der Waals surface area contributed by atoms with Crippen molar-refractivity contribution in [3.63, 3.8) is 0 Å². The fraction of sp³-hybridized carbons (Fsp3) is 0.227. The second kappa shape index (κ2) is 7.39. The summed E-state index contributed by atoms with van der Waals surface area (Å²) in [6.07, 6.45) is -1.15. The van der Waals surface area contributed by atoms with Gasteiger partial charge in [-0.25, -0.2) is 14.7 Å². The van der Waals surface area contributed by atoms with Crippen molar-refractivity contribution in [2.24, 2.45) is 4.99 Å². The molecule has 5 nitrogen and oxygen atoms in total. The molecule has 2 aliphatic rings. The van der Waals surface area contributed by atoms with Crippen molar-refractivity contribution >= 4 is 58.1 Å². The highest BCUT2D eigenvalue weighted by Gasteiger charge is 2.47. The zero-order chi connectivity index (χ0) is 20.9. The number of carbonyl (C=O) groups excluding carboxylic acids is 1. The van der Waals surface area contributed by atoms with Gasteiger partial charge in [-0.1, -0.05) is 54.7 Å². The van der Waals surface area contributed by atoms with Gasteiger partial charge < -0.3 is 9.47 Å². The van der Waals surface area contributed by atoms with Gasteiger partial charge in [0.15, 0.2) is 6.23 Å². The van der Waals surface area contributed by atoms with E-state index < -0.39 is 17.9 Å². The number of aliphatic imine (C=N–C) groups is 1. The van der Waals surface area contributed by atoms with Crippen LogP contribution >= 0.6 is 34.9 Å². The van der Waals surface area contributed by atoms with Crippen LogP contribution in [0.2, 0.25) is 0 Å². The number of para-hydroxylation sites is 2. The molecule has 30 heavy (non-hydrogen) atoms. The van der Waals surface area contributed by atoms with Crippen molar-refractivity contribution in [2.45, 2.75) is 32.3 Å². The molecule has 8 heteroatoms. The molecule has 0 radical (unpaired) electrons. The third kappa shape index (κ3) is 3.30. The van der Waals surface area contributed by atoms with Crippen LogP contribution in [-0.4, -0.2) is 18.0 Å². The lowest BCUT2D eigenvalue weighted by Crippen LogP contribution is -2.54. The van der Waals surface area contributed by atoms with E-state index >= 15 is 0 Å². The topological polar surface area (TPSA) is 51.1 Å². The summed E-state index contributed by atoms with van der Waals surface area (Å²) in [4.78, 5) is 21.7. The zero-order valence-electron chi connectivity index (χ0n) is 16.3. The maximum atomic E-state index is 13.3. The van der Waals surface area contributed by atoms with Crippen LogP contribution in [0.25, 0.3) is 0 Å². The SMILES string of the molecule is CC1(C)OC2C(=Nc3ccccc3N2C(=O)OCc2ccccc2)c2sc(=S)sc21. The van der Waals surface area contributed by atoms with Crippen molar-refractivity contribution in [1.29, 1.82) is 0 Å². The summed E-state index contributed by atoms with van der Waals surface area (Å²) >= 11 is 8.52. The fourth-order valence-corrected chi connectivity index (χ4v) is 6.46. The first-order valence-electron chi connectivity index (χ1n) is 9.44. The number of rotatable bonds is 2. The van der Waals surface area contributed by atoms with Crippen LogP contribution < -0.4 is 4.90 Å². The molecule has 0 saturated carbocycles. The molecule has 1 unspecified atom stereocenters. The van der Waals surface area contributed by atoms with Gasteiger partial charge >= 0.3 is 6.09 Å². The molecule has 5 rings (SSSR count). The Morgan fingerprint density at radius 3 is 2.70 bits per heavy atom. The lowest BCUT2D eigenvalue weighted by atomic mass is 9.99. The Labute approximate surface area is 187 Å². The molecule has 0 N–H and O–H groups in total. The predicted octanol–water partition coefficient (Wildman–Crippen LogP) is 6.41. The second-order valence-corrected chi connectivity index (χ2v) is 10.7. The zero-order valence-corrected chi connectivity index (χ0v) is 18.8. The van der Waals surface area contributed by atoms with Crippen molar-refractivity contribution in [1.82, 2.24) is 0 Å². The molecular weight excluding hydrogens is 436 g/mol. The van der Waals surface area contributed by atoms with Gasteiger partial charge in [0.2, 0.25) is 0 Å². The van der Waals surface area contributed by atoms with E-state index in [-0.39, 0.29) is 6.61 Å². The van der Waals surface area contributed by atoms with E-state index in [9.17, 15) is 4.79 Å². The standard InChI is InChI=1S/C22H18N2O3S3/c1-22(2)18-17(29-21(28)30-18)16-19(27-22)24(15-11-7-6-10-14(15)23-16)20(25)26-12-13-8-4-3-5-9-13/h3-11,19H,12H2,1-2H3. The van der Waals surface area contributed by atoms with Crippen LogP contribution in [0.3, 0.4) is 0 Å². The molecule has 1 aromatic heterocycles. The minimum absolute atomic E-state index is 0.184. The lowest BCUT2D eigenvalue weighted by molar-refractivity contribution is -0.0500. The molecule has 152 valence electrons. The van der Waals surface area contributed by atoms with Crippen molar-refractivity contribution in [2.75, 3.05) is 4.90 Å². The Morgan fingerprint density at radius 1 is 1.17 bits per heavy atom. The van der Waals surface area contributed by atoms with E-state index in [1.807, 2.05) is 68.4 Å². The number of fused-ring (bicyclic) bond motifs is 4. The third-order valence-electron chi connectivity index (χ3n) is 5.02. The van der Waals surface area contributed by atoms with Gasteiger partial charge in [0.1, 0.15) is 21.1 Å². The Balaban J connectivity index is 1.57. The molecule has 0 aliphatic carbocycles. The number of carbonyl (C=O) groups is 1. The van der Waals surface area contributed by atoms with Crippen LogP contribution in [0.15, 0.2) is 59.6 Å². The molecular formula is C22H18N2O3S3. The van der Waals surface area contributed by atoms with Gasteiger partial charge in [-0.3, -0.25) is 0 Å². The summed E-state index contributed by atoms with van der Waals surface area (Å²) in [6, 6.07) is 17.2. The van der Waals surface area contributed by atoms with E-state index in [1.54, 1.807) is 16.2 Å². The van der Waals surface area contributed by atoms with E-state index in [0.29, 0.717) is 17.1 Å². The first kappa shape index (κ1) is 19.6. The number of hydrogen-bond donors (Lipinski definition) is 0. The molecule has 3 heterocycles. The van der Waals surface area contributed by atoms with Crippen LogP contribution in [0.1, 0.15) is 29.2 Å². The maximum absolute atomic E-state index is 13.3. The molecule has 2 aromatic carbocycles. The Hall–Kier alpha value is -2.39. The minimum Gasteiger partial charge on any atom is -0.444 e. The second-order valence-electron chi connectivity index (χ2n) is 7.49. The van der Waals surface area contributed by atoms with E-state index in [0.717, 1.165) is 18.5 Å². The van der Waals surface area contributed by atoms with Gasteiger partial charge in [0.05, 0.1) is 21.1 Å². The van der Waals surface area contributed by atoms with Gasteiger partial charge in [-0.15, -0.1) is 22.7 Å². The van der Waals surface area contributed by atoms with Crippen molar-refractivity contribution < 1.29 is 14.3 Å². The third-order valence-corrected chi connectivity index (χ3v) is 7.99. The van der Waals surface area contributed by atoms with Gasteiger partial charge in [-0.2, -0.15) is 0 Å². The normalized spacial score (nSPS) is 18.7. The number of benzene rings is 2. The molecule has 2 aliphatic heterocycles. The quantitative estimate of drug-likeness (QED) is 0.420. The summed E-state index contributed by atoms with van der Waals surface area (Å²) in [5, 5.41) is 0. The van der Waals surface area contributed by atoms with Crippen LogP contribution in [0.4, 0.5) is 16.2 Å². The number of nitrogens with zero attached hydrogens (tertiary/aromatic N) is 2. The first-order chi connectivity index (χ1) is 14.4. The van der Waals surface area contributed by atoms with E-state index in [4.69, 9.17) is 26.7 Å². The Bertz CT molecular complexity index is 1210. The van der Waals surface area contributed by atoms with E-state index in [1.165, 1.54) is 11.3 Å². The van der Waals surface area contributed by atoms with Gasteiger partial charge in [0.25, 0.3) is 0 Å². The number of hydrogen-bond acceptors (Lipinski definition) is 7. The monoisotopic (exact) mass is 454 g/mol. The maximum Gasteiger partial charge on any atom is 0.417 e. The van der Waals surface area contributed by atoms with E-state index in [2.05, 4.69) is 0 Å². The van der Waals surface area contributed by atoms with Crippen molar-refractivity contribution in [3.8, 4) is 0 Å². The number of ether oxygens (including phenoxy) is 2. The molecule has 0 saturated heterocycles. The van der Waals surface area contributed by atoms with Crippen molar-refractivity contribution in [3.05, 3.63) is 73.1 Å². The average Bonchev–Trinajstić information content (AvgIpc) is 3.14. The predicted molar refractivity (Wildman–Crippen MR) is 123 cm³/mol. The Kier molecular flexibility index (Phi) is 4.82. The summed E-state index contributed by atoms with van der Waals surface area (Å²) in [5.41, 5.74) is 2.41. The number of anilines is 1. The highest BCUT2D eigenvalue weighted by Crippen LogP contribution is 2.47. The molecule has 0 fully saturated rings. The highest BCUT2D eigenvalue weighted by atomic mass is 32.2. The number of amides is 1. The lowest BCUT2D eigenvalue weighted by Gasteiger charge is -2.43. The highest BCUT2D eigenvalue weighted by molar-refractivity contribution is 7.76. The van der Waals surface area contributed by atoms with Crippen LogP contribution in [-0.2, 0) is 21.7 Å². The Morgan fingerprint density at radius 2 is 1.90 bits per heavy atom. The van der Waals surface area contributed by atoms with Gasteiger partial charge in [0, 0.05) is 0 Å². The molecule has 1 amide bonds. The summed E-state index contributed by atoms with van der Waals surface area (Å²) in [7, 11) is 0.